The van der Waals surface area contributed by atoms with Crippen molar-refractivity contribution in [3.63, 3.8) is 0 Å². The third-order valence-electron chi connectivity index (χ3n) is 3.21. The third-order valence-corrected chi connectivity index (χ3v) is 3.21. The molecular formula is C13H27N3O. The lowest BCUT2D eigenvalue weighted by Gasteiger charge is -2.21. The van der Waals surface area contributed by atoms with E-state index in [1.165, 1.54) is 12.8 Å². The molecular weight excluding hydrogens is 214 g/mol. The summed E-state index contributed by atoms with van der Waals surface area (Å²) in [4.78, 5) is 13.9. The first-order valence-electron chi connectivity index (χ1n) is 6.60. The lowest BCUT2D eigenvalue weighted by atomic mass is 10.1. The molecule has 1 heterocycles. The summed E-state index contributed by atoms with van der Waals surface area (Å²) in [7, 11) is 2.13. The van der Waals surface area contributed by atoms with Gasteiger partial charge in [0.15, 0.2) is 0 Å². The Hall–Kier alpha value is -0.610. The van der Waals surface area contributed by atoms with Crippen LogP contribution in [0.4, 0.5) is 0 Å². The summed E-state index contributed by atoms with van der Waals surface area (Å²) in [6, 6.07) is 0.537. The Kier molecular flexibility index (Phi) is 5.40. The number of hydrogen-bond acceptors (Lipinski definition) is 3. The van der Waals surface area contributed by atoms with Gasteiger partial charge in [-0.1, -0.05) is 0 Å². The Morgan fingerprint density at radius 1 is 1.41 bits per heavy atom. The summed E-state index contributed by atoms with van der Waals surface area (Å²) in [6.45, 7) is 9.03. The molecule has 0 radical (unpaired) electrons. The molecule has 1 atom stereocenters. The first kappa shape index (κ1) is 14.5. The molecule has 0 aliphatic carbocycles. The maximum absolute atomic E-state index is 11.6. The number of carbonyl (C=O) groups is 1. The second-order valence-corrected chi connectivity index (χ2v) is 6.01. The highest BCUT2D eigenvalue weighted by Crippen LogP contribution is 2.13. The van der Waals surface area contributed by atoms with Crippen LogP contribution in [0.15, 0.2) is 0 Å². The molecule has 1 aliphatic rings. The Balaban J connectivity index is 2.09. The largest absolute Gasteiger partial charge is 0.354 e. The molecule has 1 fully saturated rings. The van der Waals surface area contributed by atoms with Crippen LogP contribution in [0, 0.1) is 0 Å². The summed E-state index contributed by atoms with van der Waals surface area (Å²) < 4.78 is 0. The predicted octanol–water partition coefficient (Wildman–Crippen LogP) is 0.975. The van der Waals surface area contributed by atoms with Gasteiger partial charge in [0.25, 0.3) is 0 Å². The van der Waals surface area contributed by atoms with E-state index in [0.717, 1.165) is 19.6 Å². The summed E-state index contributed by atoms with van der Waals surface area (Å²) in [5, 5.41) is 6.34. The second kappa shape index (κ2) is 6.36. The van der Waals surface area contributed by atoms with Crippen LogP contribution in [0.1, 0.15) is 40.0 Å². The minimum absolute atomic E-state index is 0.0892. The Morgan fingerprint density at radius 3 is 2.65 bits per heavy atom. The van der Waals surface area contributed by atoms with Gasteiger partial charge in [-0.05, 0) is 47.2 Å². The van der Waals surface area contributed by atoms with Crippen LogP contribution in [0.2, 0.25) is 0 Å². The van der Waals surface area contributed by atoms with Crippen LogP contribution in [0.5, 0.6) is 0 Å². The van der Waals surface area contributed by atoms with Gasteiger partial charge in [-0.25, -0.2) is 0 Å². The molecule has 0 aromatic rings. The quantitative estimate of drug-likeness (QED) is 0.754. The first-order chi connectivity index (χ1) is 7.88. The fourth-order valence-electron chi connectivity index (χ4n) is 2.11. The summed E-state index contributed by atoms with van der Waals surface area (Å²) in [5.41, 5.74) is 0.0892. The maximum atomic E-state index is 11.6. The number of hydrogen-bond donors (Lipinski definition) is 2. The van der Waals surface area contributed by atoms with Crippen LogP contribution < -0.4 is 10.6 Å². The zero-order valence-electron chi connectivity index (χ0n) is 11.7. The van der Waals surface area contributed by atoms with E-state index in [1.807, 2.05) is 0 Å². The van der Waals surface area contributed by atoms with Crippen LogP contribution in [0.25, 0.3) is 0 Å². The number of amides is 1. The molecule has 100 valence electrons. The number of nitrogens with one attached hydrogen (secondary N) is 2. The highest BCUT2D eigenvalue weighted by molar-refractivity contribution is 5.76. The van der Waals surface area contributed by atoms with Crippen LogP contribution >= 0.6 is 0 Å². The normalized spacial score (nSPS) is 21.8. The van der Waals surface area contributed by atoms with Gasteiger partial charge in [0.2, 0.25) is 5.91 Å². The molecule has 2 N–H and O–H groups in total. The molecule has 4 heteroatoms. The molecule has 1 unspecified atom stereocenters. The molecule has 0 spiro atoms. The molecule has 1 aliphatic heterocycles. The van der Waals surface area contributed by atoms with Gasteiger partial charge in [0.1, 0.15) is 0 Å². The van der Waals surface area contributed by atoms with Crippen LogP contribution in [-0.2, 0) is 4.79 Å². The Labute approximate surface area is 105 Å². The molecule has 0 bridgehead atoms. The van der Waals surface area contributed by atoms with Crippen molar-refractivity contribution in [1.82, 2.24) is 15.5 Å². The van der Waals surface area contributed by atoms with Crippen molar-refractivity contribution in [3.05, 3.63) is 0 Å². The number of likely N-dealkylation sites (tertiary alicyclic amines) is 1. The molecule has 4 nitrogen and oxygen atoms in total. The summed E-state index contributed by atoms with van der Waals surface area (Å²) >= 11 is 0. The number of nitrogens with zero attached hydrogens (tertiary/aromatic N) is 1. The van der Waals surface area contributed by atoms with Crippen molar-refractivity contribution >= 4 is 5.91 Å². The van der Waals surface area contributed by atoms with Crippen molar-refractivity contribution in [2.45, 2.75) is 51.6 Å². The van der Waals surface area contributed by atoms with E-state index < -0.39 is 0 Å². The smallest absolute Gasteiger partial charge is 0.221 e. The van der Waals surface area contributed by atoms with Crippen LogP contribution in [-0.4, -0.2) is 49.1 Å². The van der Waals surface area contributed by atoms with E-state index >= 15 is 0 Å². The monoisotopic (exact) mass is 241 g/mol. The van der Waals surface area contributed by atoms with Crippen molar-refractivity contribution < 1.29 is 4.79 Å². The van der Waals surface area contributed by atoms with Crippen molar-refractivity contribution in [2.75, 3.05) is 26.7 Å². The molecule has 0 aromatic carbocycles. The van der Waals surface area contributed by atoms with Gasteiger partial charge >= 0.3 is 0 Å². The third kappa shape index (κ3) is 6.03. The van der Waals surface area contributed by atoms with Crippen molar-refractivity contribution in [1.29, 1.82) is 0 Å². The van der Waals surface area contributed by atoms with Crippen molar-refractivity contribution in [2.24, 2.45) is 0 Å². The maximum Gasteiger partial charge on any atom is 0.221 e. The van der Waals surface area contributed by atoms with E-state index in [-0.39, 0.29) is 11.4 Å². The lowest BCUT2D eigenvalue weighted by Crippen LogP contribution is -2.41. The number of rotatable bonds is 5. The number of carbonyl (C=O) groups excluding carboxylic acids is 1. The van der Waals surface area contributed by atoms with Gasteiger partial charge in [0.05, 0.1) is 0 Å². The SMILES string of the molecule is CN1CCCC1CNC(=O)CCNC(C)(C)C. The van der Waals surface area contributed by atoms with E-state index in [0.29, 0.717) is 12.5 Å². The van der Waals surface area contributed by atoms with Gasteiger partial charge in [-0.15, -0.1) is 0 Å². The topological polar surface area (TPSA) is 44.4 Å². The van der Waals surface area contributed by atoms with Gasteiger partial charge in [-0.3, -0.25) is 4.79 Å². The van der Waals surface area contributed by atoms with E-state index in [4.69, 9.17) is 0 Å². The van der Waals surface area contributed by atoms with E-state index in [1.54, 1.807) is 0 Å². The standard InChI is InChI=1S/C13H27N3O/c1-13(2,3)15-8-7-12(17)14-10-11-6-5-9-16(11)4/h11,15H,5-10H2,1-4H3,(H,14,17). The molecule has 0 aromatic heterocycles. The molecule has 1 amide bonds. The average molecular weight is 241 g/mol. The van der Waals surface area contributed by atoms with E-state index in [9.17, 15) is 4.79 Å². The minimum Gasteiger partial charge on any atom is -0.354 e. The van der Waals surface area contributed by atoms with Gasteiger partial charge < -0.3 is 15.5 Å². The zero-order chi connectivity index (χ0) is 12.9. The molecule has 17 heavy (non-hydrogen) atoms. The predicted molar refractivity (Wildman–Crippen MR) is 71.0 cm³/mol. The summed E-state index contributed by atoms with van der Waals surface area (Å²) in [6.07, 6.45) is 3.02. The van der Waals surface area contributed by atoms with Gasteiger partial charge in [0, 0.05) is 31.1 Å². The average Bonchev–Trinajstić information content (AvgIpc) is 2.59. The Morgan fingerprint density at radius 2 is 2.12 bits per heavy atom. The minimum atomic E-state index is 0.0892. The Bertz CT molecular complexity index is 248. The van der Waals surface area contributed by atoms with Crippen LogP contribution in [0.3, 0.4) is 0 Å². The molecule has 1 saturated heterocycles. The van der Waals surface area contributed by atoms with Gasteiger partial charge in [-0.2, -0.15) is 0 Å². The highest BCUT2D eigenvalue weighted by atomic mass is 16.1. The second-order valence-electron chi connectivity index (χ2n) is 6.01. The lowest BCUT2D eigenvalue weighted by molar-refractivity contribution is -0.121. The molecule has 1 rings (SSSR count). The fourth-order valence-corrected chi connectivity index (χ4v) is 2.11. The number of likely N-dealkylation sites (N-methyl/N-ethyl adjacent to an activating group) is 1. The van der Waals surface area contributed by atoms with E-state index in [2.05, 4.69) is 43.4 Å². The summed E-state index contributed by atoms with van der Waals surface area (Å²) in [5.74, 6) is 0.155. The highest BCUT2D eigenvalue weighted by Gasteiger charge is 2.20. The fraction of sp³-hybridized carbons (Fsp3) is 0.923. The molecule has 0 saturated carbocycles. The zero-order valence-corrected chi connectivity index (χ0v) is 11.7. The first-order valence-corrected chi connectivity index (χ1v) is 6.60. The van der Waals surface area contributed by atoms with Crippen molar-refractivity contribution in [3.8, 4) is 0 Å².